The van der Waals surface area contributed by atoms with Gasteiger partial charge in [-0.1, -0.05) is 5.16 Å². The van der Waals surface area contributed by atoms with Gasteiger partial charge in [0.15, 0.2) is 0 Å². The van der Waals surface area contributed by atoms with E-state index in [1.807, 2.05) is 6.21 Å². The second-order valence-electron chi connectivity index (χ2n) is 3.90. The summed E-state index contributed by atoms with van der Waals surface area (Å²) in [6.45, 7) is 6.89. The minimum absolute atomic E-state index is 0.620. The fourth-order valence-corrected chi connectivity index (χ4v) is 1.73. The molecule has 0 amide bonds. The SMILES string of the molecule is CO/N=C/C1CCN(C(C)C)CC1. The Hall–Kier alpha value is -0.570. The van der Waals surface area contributed by atoms with Crippen LogP contribution in [0.2, 0.25) is 0 Å². The normalized spacial score (nSPS) is 21.5. The molecule has 0 aromatic rings. The van der Waals surface area contributed by atoms with Crippen LogP contribution in [0.25, 0.3) is 0 Å². The summed E-state index contributed by atoms with van der Waals surface area (Å²) >= 11 is 0. The van der Waals surface area contributed by atoms with Crippen molar-refractivity contribution in [2.45, 2.75) is 32.7 Å². The first-order valence-corrected chi connectivity index (χ1v) is 5.04. The Balaban J connectivity index is 2.26. The Morgan fingerprint density at radius 1 is 1.38 bits per heavy atom. The van der Waals surface area contributed by atoms with Crippen molar-refractivity contribution < 1.29 is 4.84 Å². The lowest BCUT2D eigenvalue weighted by molar-refractivity contribution is 0.166. The van der Waals surface area contributed by atoms with Gasteiger partial charge in [-0.3, -0.25) is 0 Å². The second kappa shape index (κ2) is 5.22. The van der Waals surface area contributed by atoms with Crippen LogP contribution in [-0.4, -0.2) is 37.4 Å². The highest BCUT2D eigenvalue weighted by Gasteiger charge is 2.19. The van der Waals surface area contributed by atoms with E-state index in [0.717, 1.165) is 0 Å². The molecule has 1 heterocycles. The fourth-order valence-electron chi connectivity index (χ4n) is 1.73. The molecule has 0 unspecified atom stereocenters. The molecule has 0 aromatic heterocycles. The van der Waals surface area contributed by atoms with Gasteiger partial charge >= 0.3 is 0 Å². The number of rotatable bonds is 3. The maximum absolute atomic E-state index is 4.67. The van der Waals surface area contributed by atoms with Crippen LogP contribution in [-0.2, 0) is 4.84 Å². The van der Waals surface area contributed by atoms with Crippen molar-refractivity contribution in [3.63, 3.8) is 0 Å². The smallest absolute Gasteiger partial charge is 0.106 e. The fraction of sp³-hybridized carbons (Fsp3) is 0.900. The maximum atomic E-state index is 4.67. The Bertz CT molecular complexity index is 160. The van der Waals surface area contributed by atoms with Crippen LogP contribution < -0.4 is 0 Å². The molecule has 0 saturated carbocycles. The van der Waals surface area contributed by atoms with Gasteiger partial charge in [-0.05, 0) is 45.7 Å². The first kappa shape index (κ1) is 10.5. The molecule has 1 aliphatic rings. The van der Waals surface area contributed by atoms with Crippen molar-refractivity contribution in [3.8, 4) is 0 Å². The van der Waals surface area contributed by atoms with Crippen molar-refractivity contribution in [3.05, 3.63) is 0 Å². The van der Waals surface area contributed by atoms with Crippen LogP contribution in [0.1, 0.15) is 26.7 Å². The van der Waals surface area contributed by atoms with Crippen LogP contribution >= 0.6 is 0 Å². The first-order valence-electron chi connectivity index (χ1n) is 5.04. The van der Waals surface area contributed by atoms with Crippen LogP contribution in [0.3, 0.4) is 0 Å². The summed E-state index contributed by atoms with van der Waals surface area (Å²) in [5.41, 5.74) is 0. The van der Waals surface area contributed by atoms with Crippen molar-refractivity contribution in [1.29, 1.82) is 0 Å². The third kappa shape index (κ3) is 3.35. The average molecular weight is 184 g/mol. The molecule has 0 spiro atoms. The standard InChI is InChI=1S/C10H20N2O/c1-9(2)12-6-4-10(5-7-12)8-11-13-3/h8-10H,4-7H2,1-3H3/b11-8+. The highest BCUT2D eigenvalue weighted by molar-refractivity contribution is 5.60. The number of hydrogen-bond donors (Lipinski definition) is 0. The second-order valence-corrected chi connectivity index (χ2v) is 3.90. The molecule has 1 aliphatic heterocycles. The maximum Gasteiger partial charge on any atom is 0.106 e. The van der Waals surface area contributed by atoms with Crippen molar-refractivity contribution in [2.24, 2.45) is 11.1 Å². The van der Waals surface area contributed by atoms with Crippen LogP contribution in [0.4, 0.5) is 0 Å². The van der Waals surface area contributed by atoms with Gasteiger partial charge in [0.05, 0.1) is 0 Å². The average Bonchev–Trinajstić information content (AvgIpc) is 2.15. The number of nitrogens with zero attached hydrogens (tertiary/aromatic N) is 2. The van der Waals surface area contributed by atoms with Gasteiger partial charge < -0.3 is 9.74 Å². The van der Waals surface area contributed by atoms with E-state index in [9.17, 15) is 0 Å². The summed E-state index contributed by atoms with van der Waals surface area (Å²) in [5.74, 6) is 0.620. The molecule has 13 heavy (non-hydrogen) atoms. The van der Waals surface area contributed by atoms with E-state index < -0.39 is 0 Å². The van der Waals surface area contributed by atoms with Gasteiger partial charge in [0.25, 0.3) is 0 Å². The Morgan fingerprint density at radius 2 is 2.00 bits per heavy atom. The molecule has 0 N–H and O–H groups in total. The lowest BCUT2D eigenvalue weighted by Crippen LogP contribution is -2.38. The zero-order valence-electron chi connectivity index (χ0n) is 8.86. The number of hydrogen-bond acceptors (Lipinski definition) is 3. The predicted molar refractivity (Wildman–Crippen MR) is 54.9 cm³/mol. The van der Waals surface area contributed by atoms with E-state index >= 15 is 0 Å². The zero-order valence-corrected chi connectivity index (χ0v) is 8.86. The van der Waals surface area contributed by atoms with Crippen molar-refractivity contribution >= 4 is 6.21 Å². The van der Waals surface area contributed by atoms with Gasteiger partial charge in [0.2, 0.25) is 0 Å². The minimum Gasteiger partial charge on any atom is -0.399 e. The topological polar surface area (TPSA) is 24.8 Å². The van der Waals surface area contributed by atoms with Gasteiger partial charge in [-0.2, -0.15) is 0 Å². The van der Waals surface area contributed by atoms with Crippen LogP contribution in [0.15, 0.2) is 5.16 Å². The molecule has 3 nitrogen and oxygen atoms in total. The molecule has 0 bridgehead atoms. The van der Waals surface area contributed by atoms with Gasteiger partial charge in [-0.25, -0.2) is 0 Å². The summed E-state index contributed by atoms with van der Waals surface area (Å²) < 4.78 is 0. The monoisotopic (exact) mass is 184 g/mol. The Labute approximate surface area is 80.7 Å². The van der Waals surface area contributed by atoms with E-state index in [0.29, 0.717) is 12.0 Å². The molecule has 3 heteroatoms. The lowest BCUT2D eigenvalue weighted by Gasteiger charge is -2.33. The van der Waals surface area contributed by atoms with Gasteiger partial charge in [0.1, 0.15) is 7.11 Å². The third-order valence-corrected chi connectivity index (χ3v) is 2.68. The van der Waals surface area contributed by atoms with Crippen molar-refractivity contribution in [1.82, 2.24) is 4.90 Å². The zero-order chi connectivity index (χ0) is 9.68. The first-order chi connectivity index (χ1) is 6.24. The molecular formula is C10H20N2O. The Morgan fingerprint density at radius 3 is 2.46 bits per heavy atom. The van der Waals surface area contributed by atoms with Gasteiger partial charge in [-0.15, -0.1) is 0 Å². The lowest BCUT2D eigenvalue weighted by atomic mass is 9.97. The van der Waals surface area contributed by atoms with Crippen LogP contribution in [0.5, 0.6) is 0 Å². The van der Waals surface area contributed by atoms with E-state index in [2.05, 4.69) is 28.7 Å². The summed E-state index contributed by atoms with van der Waals surface area (Å²) in [4.78, 5) is 7.19. The van der Waals surface area contributed by atoms with E-state index in [1.165, 1.54) is 25.9 Å². The highest BCUT2D eigenvalue weighted by atomic mass is 16.6. The number of oxime groups is 1. The quantitative estimate of drug-likeness (QED) is 0.493. The highest BCUT2D eigenvalue weighted by Crippen LogP contribution is 2.16. The largest absolute Gasteiger partial charge is 0.399 e. The summed E-state index contributed by atoms with van der Waals surface area (Å²) in [7, 11) is 1.60. The van der Waals surface area contributed by atoms with Gasteiger partial charge in [0, 0.05) is 12.3 Å². The molecule has 0 radical (unpaired) electrons. The third-order valence-electron chi connectivity index (χ3n) is 2.68. The summed E-state index contributed by atoms with van der Waals surface area (Å²) in [6.07, 6.45) is 4.37. The van der Waals surface area contributed by atoms with E-state index in [1.54, 1.807) is 7.11 Å². The van der Waals surface area contributed by atoms with E-state index in [4.69, 9.17) is 0 Å². The molecular weight excluding hydrogens is 164 g/mol. The summed E-state index contributed by atoms with van der Waals surface area (Å²) in [5, 5.41) is 3.82. The molecule has 1 saturated heterocycles. The minimum atomic E-state index is 0.620. The van der Waals surface area contributed by atoms with E-state index in [-0.39, 0.29) is 0 Å². The summed E-state index contributed by atoms with van der Waals surface area (Å²) in [6, 6.07) is 0.681. The molecule has 76 valence electrons. The van der Waals surface area contributed by atoms with Crippen LogP contribution in [0, 0.1) is 5.92 Å². The molecule has 0 aromatic carbocycles. The predicted octanol–water partition coefficient (Wildman–Crippen LogP) is 1.74. The Kier molecular flexibility index (Phi) is 4.22. The number of likely N-dealkylation sites (tertiary alicyclic amines) is 1. The number of piperidine rings is 1. The molecule has 0 atom stereocenters. The van der Waals surface area contributed by atoms with Crippen molar-refractivity contribution in [2.75, 3.05) is 20.2 Å². The molecule has 0 aliphatic carbocycles. The molecule has 1 fully saturated rings. The molecule has 1 rings (SSSR count).